The van der Waals surface area contributed by atoms with E-state index in [1.807, 2.05) is 0 Å². The number of anilines is 3. The van der Waals surface area contributed by atoms with Gasteiger partial charge in [-0.1, -0.05) is 193 Å². The summed E-state index contributed by atoms with van der Waals surface area (Å²) < 4.78 is 6.90. The van der Waals surface area contributed by atoms with E-state index >= 15 is 0 Å². The Bertz CT molecular complexity index is 3630. The Kier molecular flexibility index (Phi) is 7.38. The van der Waals surface area contributed by atoms with Gasteiger partial charge in [-0.2, -0.15) is 0 Å². The van der Waals surface area contributed by atoms with Gasteiger partial charge in [-0.3, -0.25) is 0 Å². The second-order valence-electron chi connectivity index (χ2n) is 21.2. The summed E-state index contributed by atoms with van der Waals surface area (Å²) in [4.78, 5) is 2.61. The first-order chi connectivity index (χ1) is 32.0. The Morgan fingerprint density at radius 2 is 0.894 bits per heavy atom. The molecular formula is C63H49NOSi. The summed E-state index contributed by atoms with van der Waals surface area (Å²) in [6.07, 6.45) is 0. The molecule has 2 nitrogen and oxygen atoms in total. The Morgan fingerprint density at radius 1 is 0.379 bits per heavy atom. The lowest BCUT2D eigenvalue weighted by Gasteiger charge is -2.45. The predicted molar refractivity (Wildman–Crippen MR) is 278 cm³/mol. The molecule has 0 unspecified atom stereocenters. The van der Waals surface area contributed by atoms with Gasteiger partial charge in [0.15, 0.2) is 8.07 Å². The molecule has 0 saturated carbocycles. The Balaban J connectivity index is 1.12. The van der Waals surface area contributed by atoms with E-state index in [0.29, 0.717) is 0 Å². The van der Waals surface area contributed by atoms with Gasteiger partial charge in [0, 0.05) is 16.5 Å². The summed E-state index contributed by atoms with van der Waals surface area (Å²) in [6, 6.07) is 72.6. The maximum atomic E-state index is 6.90. The van der Waals surface area contributed by atoms with Crippen LogP contribution < -0.4 is 25.6 Å². The number of furan rings is 1. The lowest BCUT2D eigenvalue weighted by Crippen LogP contribution is -2.70. The smallest absolute Gasteiger partial charge is 0.182 e. The average Bonchev–Trinajstić information content (AvgIpc) is 4.03. The average molecular weight is 864 g/mol. The van der Waals surface area contributed by atoms with Crippen LogP contribution in [0.25, 0.3) is 55.3 Å². The van der Waals surface area contributed by atoms with Crippen LogP contribution in [0, 0.1) is 0 Å². The van der Waals surface area contributed by atoms with Crippen LogP contribution in [0.3, 0.4) is 0 Å². The van der Waals surface area contributed by atoms with Crippen LogP contribution in [0.5, 0.6) is 0 Å². The molecule has 1 aliphatic carbocycles. The second-order valence-corrected chi connectivity index (χ2v) is 24.9. The van der Waals surface area contributed by atoms with Gasteiger partial charge < -0.3 is 9.32 Å². The number of benzene rings is 9. The van der Waals surface area contributed by atoms with E-state index in [4.69, 9.17) is 4.42 Å². The fourth-order valence-electron chi connectivity index (χ4n) is 12.8. The maximum absolute atomic E-state index is 6.90. The van der Waals surface area contributed by atoms with Gasteiger partial charge in [0.25, 0.3) is 0 Å². The fraction of sp³-hybridized carbons (Fsp3) is 0.143. The Hall–Kier alpha value is -7.20. The zero-order valence-corrected chi connectivity index (χ0v) is 39.3. The fourth-order valence-corrected chi connectivity index (χ4v) is 18.5. The van der Waals surface area contributed by atoms with Gasteiger partial charge in [-0.05, 0) is 135 Å². The van der Waals surface area contributed by atoms with E-state index in [0.717, 1.165) is 21.9 Å². The highest BCUT2D eigenvalue weighted by Gasteiger charge is 2.56. The third-order valence-electron chi connectivity index (χ3n) is 15.8. The van der Waals surface area contributed by atoms with Crippen molar-refractivity contribution in [2.75, 3.05) is 4.90 Å². The monoisotopic (exact) mass is 863 g/mol. The molecule has 0 radical (unpaired) electrons. The summed E-state index contributed by atoms with van der Waals surface area (Å²) in [5.74, 6) is 0. The molecule has 10 aromatic rings. The van der Waals surface area contributed by atoms with Crippen molar-refractivity contribution in [2.24, 2.45) is 0 Å². The first-order valence-electron chi connectivity index (χ1n) is 23.6. The normalized spacial score (nSPS) is 15.3. The summed E-state index contributed by atoms with van der Waals surface area (Å²) >= 11 is 0. The molecule has 316 valence electrons. The standard InChI is InChI=1S/C63H49NOSi/c1-61(2,3)38-27-30-41-42-31-28-39(62(4,5)6)34-51(42)63(50(41)33-38)49-21-11-12-22-53(49)64(54-36-48-43-17-7-13-23-55(43)65-56(48)37-52(54)63)40-29-32-47-46-20-10-16-26-59(46)66(60(47)35-40)57-24-14-8-18-44(57)45-19-9-15-25-58(45)66/h7-37H,1-6H3. The number of hydrogen-bond acceptors (Lipinski definition) is 2. The molecule has 9 aromatic carbocycles. The van der Waals surface area contributed by atoms with Crippen molar-refractivity contribution in [1.82, 2.24) is 0 Å². The van der Waals surface area contributed by atoms with Crippen molar-refractivity contribution in [3.8, 4) is 33.4 Å². The van der Waals surface area contributed by atoms with Crippen molar-refractivity contribution < 1.29 is 4.42 Å². The molecule has 66 heavy (non-hydrogen) atoms. The lowest BCUT2D eigenvalue weighted by atomic mass is 9.63. The van der Waals surface area contributed by atoms with Crippen molar-refractivity contribution >= 4 is 67.8 Å². The summed E-state index contributed by atoms with van der Waals surface area (Å²) in [5.41, 5.74) is 20.6. The molecule has 4 aliphatic rings. The lowest BCUT2D eigenvalue weighted by molar-refractivity contribution is 0.586. The second kappa shape index (κ2) is 12.8. The molecule has 0 bridgehead atoms. The van der Waals surface area contributed by atoms with Crippen molar-refractivity contribution in [3.63, 3.8) is 0 Å². The SMILES string of the molecule is CC(C)(C)c1ccc2c(c1)C1(c3cc(C(C)(C)C)ccc3-2)c2ccccc2N(c2ccc3c(c2)[Si]2(c4ccccc4-c4ccccc42)c2ccccc2-3)c2cc3c(cc21)oc1ccccc13. The van der Waals surface area contributed by atoms with Gasteiger partial charge in [0.2, 0.25) is 0 Å². The van der Waals surface area contributed by atoms with Crippen LogP contribution in [0.1, 0.15) is 74.9 Å². The highest BCUT2D eigenvalue weighted by molar-refractivity contribution is 7.24. The quantitative estimate of drug-likeness (QED) is 0.153. The highest BCUT2D eigenvalue weighted by atomic mass is 28.3. The first-order valence-corrected chi connectivity index (χ1v) is 25.6. The molecule has 0 fully saturated rings. The summed E-state index contributed by atoms with van der Waals surface area (Å²) in [6.45, 7) is 14.0. The maximum Gasteiger partial charge on any atom is 0.182 e. The first kappa shape index (κ1) is 38.1. The topological polar surface area (TPSA) is 16.4 Å². The van der Waals surface area contributed by atoms with E-state index in [2.05, 4.69) is 234 Å². The molecule has 0 atom stereocenters. The molecule has 14 rings (SSSR count). The van der Waals surface area contributed by atoms with Crippen LogP contribution in [-0.2, 0) is 16.2 Å². The van der Waals surface area contributed by atoms with Gasteiger partial charge in [0.1, 0.15) is 11.2 Å². The minimum Gasteiger partial charge on any atom is -0.456 e. The van der Waals surface area contributed by atoms with E-state index in [1.165, 1.54) is 105 Å². The van der Waals surface area contributed by atoms with Crippen molar-refractivity contribution in [2.45, 2.75) is 57.8 Å². The van der Waals surface area contributed by atoms with Gasteiger partial charge in [-0.15, -0.1) is 0 Å². The summed E-state index contributed by atoms with van der Waals surface area (Å²) in [5, 5.41) is 8.20. The largest absolute Gasteiger partial charge is 0.456 e. The predicted octanol–water partition coefficient (Wildman–Crippen LogP) is 13.7. The van der Waals surface area contributed by atoms with E-state index < -0.39 is 13.5 Å². The van der Waals surface area contributed by atoms with Crippen LogP contribution >= 0.6 is 0 Å². The minimum atomic E-state index is -2.72. The van der Waals surface area contributed by atoms with Crippen LogP contribution in [-0.4, -0.2) is 8.07 Å². The molecule has 3 heteroatoms. The molecule has 3 aliphatic heterocycles. The minimum absolute atomic E-state index is 0.0490. The zero-order valence-electron chi connectivity index (χ0n) is 38.3. The third-order valence-corrected chi connectivity index (χ3v) is 20.8. The Morgan fingerprint density at radius 3 is 1.50 bits per heavy atom. The van der Waals surface area contributed by atoms with Crippen LogP contribution in [0.4, 0.5) is 17.1 Å². The van der Waals surface area contributed by atoms with E-state index in [1.54, 1.807) is 0 Å². The third kappa shape index (κ3) is 4.66. The van der Waals surface area contributed by atoms with Crippen LogP contribution in [0.2, 0.25) is 0 Å². The van der Waals surface area contributed by atoms with Gasteiger partial charge >= 0.3 is 0 Å². The number of fused-ring (bicyclic) bond motifs is 22. The molecule has 0 N–H and O–H groups in total. The van der Waals surface area contributed by atoms with Gasteiger partial charge in [0.05, 0.1) is 16.8 Å². The van der Waals surface area contributed by atoms with Crippen LogP contribution in [0.15, 0.2) is 192 Å². The van der Waals surface area contributed by atoms with E-state index in [9.17, 15) is 0 Å². The number of hydrogen-bond donors (Lipinski definition) is 0. The molecule has 0 saturated heterocycles. The molecule has 1 aromatic heterocycles. The molecular weight excluding hydrogens is 815 g/mol. The number of rotatable bonds is 1. The number of para-hydroxylation sites is 2. The zero-order chi connectivity index (χ0) is 44.5. The molecule has 2 spiro atoms. The molecule has 0 amide bonds. The molecule has 4 heterocycles. The van der Waals surface area contributed by atoms with Crippen molar-refractivity contribution in [1.29, 1.82) is 0 Å². The summed E-state index contributed by atoms with van der Waals surface area (Å²) in [7, 11) is -2.72. The number of nitrogens with zero attached hydrogens (tertiary/aromatic N) is 1. The van der Waals surface area contributed by atoms with Crippen molar-refractivity contribution in [3.05, 3.63) is 221 Å². The van der Waals surface area contributed by atoms with E-state index in [-0.39, 0.29) is 10.8 Å². The Labute approximate surface area is 387 Å². The highest BCUT2D eigenvalue weighted by Crippen LogP contribution is 2.65. The van der Waals surface area contributed by atoms with Gasteiger partial charge in [-0.25, -0.2) is 0 Å².